The number of ether oxygens (including phenoxy) is 1. The number of benzene rings is 1. The third-order valence-electron chi connectivity index (χ3n) is 6.08. The lowest BCUT2D eigenvalue weighted by Gasteiger charge is -2.17. The minimum Gasteiger partial charge on any atom is -0.372 e. The van der Waals surface area contributed by atoms with E-state index in [0.29, 0.717) is 41.6 Å². The highest BCUT2D eigenvalue weighted by atomic mass is 32.1. The topological polar surface area (TPSA) is 118 Å². The summed E-state index contributed by atoms with van der Waals surface area (Å²) in [5.74, 6) is 0.0310. The molecule has 0 fully saturated rings. The Morgan fingerprint density at radius 2 is 2.08 bits per heavy atom. The second-order valence-corrected chi connectivity index (χ2v) is 9.61. The molecule has 0 aliphatic heterocycles. The lowest BCUT2D eigenvalue weighted by atomic mass is 10.2. The number of imidazole rings is 1. The number of likely N-dealkylation sites (N-methyl/N-ethyl adjacent to an activating group) is 1. The van der Waals surface area contributed by atoms with E-state index in [1.165, 1.54) is 11.3 Å². The van der Waals surface area contributed by atoms with Crippen molar-refractivity contribution in [2.75, 3.05) is 30.5 Å². The van der Waals surface area contributed by atoms with Crippen LogP contribution >= 0.6 is 11.3 Å². The molecule has 0 spiro atoms. The van der Waals surface area contributed by atoms with Gasteiger partial charge in [0.1, 0.15) is 6.61 Å². The van der Waals surface area contributed by atoms with Crippen LogP contribution in [0.4, 0.5) is 11.6 Å². The van der Waals surface area contributed by atoms with Gasteiger partial charge in [-0.1, -0.05) is 6.07 Å². The van der Waals surface area contributed by atoms with E-state index in [1.54, 1.807) is 36.6 Å². The number of hydrogen-bond donors (Lipinski definition) is 2. The average Bonchev–Trinajstić information content (AvgIpc) is 3.70. The van der Waals surface area contributed by atoms with E-state index in [1.807, 2.05) is 54.0 Å². The summed E-state index contributed by atoms with van der Waals surface area (Å²) < 4.78 is 7.24. The van der Waals surface area contributed by atoms with Gasteiger partial charge in [0.2, 0.25) is 5.95 Å². The lowest BCUT2D eigenvalue weighted by molar-refractivity contribution is -0.122. The molecule has 194 valence electrons. The van der Waals surface area contributed by atoms with Crippen molar-refractivity contribution in [3.63, 3.8) is 0 Å². The predicted octanol–water partition coefficient (Wildman–Crippen LogP) is 4.38. The first kappa shape index (κ1) is 25.3. The maximum Gasteiger partial charge on any atom is 0.268 e. The van der Waals surface area contributed by atoms with Gasteiger partial charge in [0, 0.05) is 60.8 Å². The number of H-pyrrole nitrogens is 1. The molecule has 0 aliphatic rings. The van der Waals surface area contributed by atoms with E-state index in [4.69, 9.17) is 9.72 Å². The first-order valence-corrected chi connectivity index (χ1v) is 13.0. The van der Waals surface area contributed by atoms with Gasteiger partial charge in [-0.2, -0.15) is 5.10 Å². The van der Waals surface area contributed by atoms with Gasteiger partial charge in [-0.3, -0.25) is 25.0 Å². The molecule has 0 aliphatic carbocycles. The zero-order chi connectivity index (χ0) is 26.5. The molecule has 5 aromatic rings. The van der Waals surface area contributed by atoms with Crippen molar-refractivity contribution in [3.05, 3.63) is 77.7 Å². The predicted molar refractivity (Wildman–Crippen MR) is 147 cm³/mol. The minimum atomic E-state index is -0.247. The summed E-state index contributed by atoms with van der Waals surface area (Å²) >= 11 is 1.38. The van der Waals surface area contributed by atoms with Crippen LogP contribution in [-0.4, -0.2) is 56.8 Å². The monoisotopic (exact) mass is 529 g/mol. The first-order valence-electron chi connectivity index (χ1n) is 12.2. The summed E-state index contributed by atoms with van der Waals surface area (Å²) in [4.78, 5) is 37.9. The van der Waals surface area contributed by atoms with Crippen molar-refractivity contribution in [3.8, 4) is 10.4 Å². The van der Waals surface area contributed by atoms with Gasteiger partial charge in [0.05, 0.1) is 22.1 Å². The van der Waals surface area contributed by atoms with Gasteiger partial charge in [0.15, 0.2) is 0 Å². The van der Waals surface area contributed by atoms with Crippen LogP contribution in [0.25, 0.3) is 21.5 Å². The highest BCUT2D eigenvalue weighted by Crippen LogP contribution is 2.29. The molecule has 0 bridgehead atoms. The number of carbonyl (C=O) groups excluding carboxylic acids is 2. The third kappa shape index (κ3) is 5.48. The molecule has 0 radical (unpaired) electrons. The summed E-state index contributed by atoms with van der Waals surface area (Å²) in [6.07, 6.45) is 5.93. The number of nitrogens with one attached hydrogen (secondary N) is 2. The van der Waals surface area contributed by atoms with Crippen LogP contribution in [-0.2, 0) is 22.5 Å². The molecule has 11 heteroatoms. The molecule has 0 unspecified atom stereocenters. The Kier molecular flexibility index (Phi) is 7.57. The molecule has 2 amide bonds. The number of anilines is 2. The number of amides is 2. The second kappa shape index (κ2) is 11.4. The Morgan fingerprint density at radius 1 is 1.18 bits per heavy atom. The molecule has 4 heterocycles. The number of nitrogens with zero attached hydrogens (tertiary/aromatic N) is 5. The van der Waals surface area contributed by atoms with Crippen LogP contribution in [0, 0.1) is 0 Å². The Bertz CT molecular complexity index is 1540. The molecule has 5 rings (SSSR count). The van der Waals surface area contributed by atoms with Crippen LogP contribution in [0.15, 0.2) is 67.1 Å². The Labute approximate surface area is 223 Å². The van der Waals surface area contributed by atoms with Gasteiger partial charge in [0.25, 0.3) is 11.8 Å². The van der Waals surface area contributed by atoms with Crippen LogP contribution in [0.3, 0.4) is 0 Å². The van der Waals surface area contributed by atoms with Gasteiger partial charge in [-0.05, 0) is 49.4 Å². The van der Waals surface area contributed by atoms with Crippen LogP contribution in [0.2, 0.25) is 0 Å². The van der Waals surface area contributed by atoms with Crippen molar-refractivity contribution >= 4 is 45.8 Å². The molecule has 10 nitrogen and oxygen atoms in total. The molecular formula is C27H27N7O3S. The number of aromatic nitrogens is 5. The Morgan fingerprint density at radius 3 is 2.84 bits per heavy atom. The van der Waals surface area contributed by atoms with E-state index in [2.05, 4.69) is 20.5 Å². The van der Waals surface area contributed by atoms with E-state index in [9.17, 15) is 9.59 Å². The molecule has 2 N–H and O–H groups in total. The zero-order valence-corrected chi connectivity index (χ0v) is 21.9. The van der Waals surface area contributed by atoms with Crippen LogP contribution in [0.5, 0.6) is 0 Å². The summed E-state index contributed by atoms with van der Waals surface area (Å²) in [7, 11) is 1.71. The zero-order valence-electron chi connectivity index (χ0n) is 21.0. The fourth-order valence-corrected chi connectivity index (χ4v) is 4.90. The summed E-state index contributed by atoms with van der Waals surface area (Å²) in [6, 6.07) is 15.1. The molecule has 0 atom stereocenters. The normalized spacial score (nSPS) is 11.1. The maximum atomic E-state index is 13.2. The van der Waals surface area contributed by atoms with Gasteiger partial charge in [-0.15, -0.1) is 11.3 Å². The second-order valence-electron chi connectivity index (χ2n) is 8.53. The number of thiophene rings is 1. The highest BCUT2D eigenvalue weighted by Gasteiger charge is 2.19. The van der Waals surface area contributed by atoms with Crippen LogP contribution in [0.1, 0.15) is 22.3 Å². The highest BCUT2D eigenvalue weighted by molar-refractivity contribution is 7.17. The average molecular weight is 530 g/mol. The van der Waals surface area contributed by atoms with E-state index in [-0.39, 0.29) is 18.4 Å². The minimum absolute atomic E-state index is 0.00643. The van der Waals surface area contributed by atoms with Gasteiger partial charge >= 0.3 is 0 Å². The summed E-state index contributed by atoms with van der Waals surface area (Å²) in [5.41, 5.74) is 4.06. The summed E-state index contributed by atoms with van der Waals surface area (Å²) in [5, 5.41) is 9.76. The molecule has 0 saturated heterocycles. The number of carbonyl (C=O) groups is 2. The van der Waals surface area contributed by atoms with E-state index >= 15 is 0 Å². The SMILES string of the molecule is CCOCC(=O)N(C)c1ccc2c(c1)nc(NC(=O)c1ccc(-c3cn[nH]c3)s1)n2CCc1ccccn1. The Balaban J connectivity index is 1.44. The summed E-state index contributed by atoms with van der Waals surface area (Å²) in [6.45, 7) is 2.89. The molecular weight excluding hydrogens is 502 g/mol. The first-order chi connectivity index (χ1) is 18.5. The number of pyridine rings is 1. The quantitative estimate of drug-likeness (QED) is 0.277. The number of aryl methyl sites for hydroxylation is 2. The molecule has 1 aromatic carbocycles. The molecule has 4 aromatic heterocycles. The van der Waals surface area contributed by atoms with Gasteiger partial charge in [-0.25, -0.2) is 4.98 Å². The fraction of sp³-hybridized carbons (Fsp3) is 0.222. The number of aromatic amines is 1. The number of fused-ring (bicyclic) bond motifs is 1. The van der Waals surface area contributed by atoms with Crippen molar-refractivity contribution < 1.29 is 14.3 Å². The number of hydrogen-bond acceptors (Lipinski definition) is 7. The van der Waals surface area contributed by atoms with E-state index in [0.717, 1.165) is 21.7 Å². The van der Waals surface area contributed by atoms with Crippen LogP contribution < -0.4 is 10.2 Å². The largest absolute Gasteiger partial charge is 0.372 e. The lowest BCUT2D eigenvalue weighted by Crippen LogP contribution is -2.30. The third-order valence-corrected chi connectivity index (χ3v) is 7.21. The standard InChI is InChI=1S/C27H27N7O3S/c1-3-37-17-25(35)33(2)20-7-8-22-21(14-20)31-27(34(22)13-11-19-6-4-5-12-28-19)32-26(36)24-10-9-23(38-24)18-15-29-30-16-18/h4-10,12,14-16H,3,11,13,17H2,1-2H3,(H,29,30)(H,31,32,36). The van der Waals surface area contributed by atoms with E-state index < -0.39 is 0 Å². The number of rotatable bonds is 10. The maximum absolute atomic E-state index is 13.2. The van der Waals surface area contributed by atoms with Crippen molar-refractivity contribution in [2.24, 2.45) is 0 Å². The van der Waals surface area contributed by atoms with Crippen molar-refractivity contribution in [1.29, 1.82) is 0 Å². The van der Waals surface area contributed by atoms with Crippen molar-refractivity contribution in [1.82, 2.24) is 24.7 Å². The fourth-order valence-electron chi connectivity index (χ4n) is 4.01. The molecule has 0 saturated carbocycles. The molecule has 38 heavy (non-hydrogen) atoms. The smallest absolute Gasteiger partial charge is 0.268 e. The Hall–Kier alpha value is -4.35. The van der Waals surface area contributed by atoms with Crippen molar-refractivity contribution in [2.45, 2.75) is 19.9 Å². The van der Waals surface area contributed by atoms with Gasteiger partial charge < -0.3 is 14.2 Å².